The van der Waals surface area contributed by atoms with Crippen LogP contribution in [-0.2, 0) is 12.7 Å². The van der Waals surface area contributed by atoms with Crippen LogP contribution in [0.2, 0.25) is 5.02 Å². The Balaban J connectivity index is 1.67. The summed E-state index contributed by atoms with van der Waals surface area (Å²) >= 11 is 6.02. The standard InChI is InChI=1S/C18H16ClN3OS/c1-24-11-10-20-17(24)8-9-21-18(23)16-7-3-6-15(22-16)13-4-2-5-14(19)12-13/h2-7,10-12H,8-9H2,1H3/p+1. The van der Waals surface area contributed by atoms with Crippen LogP contribution >= 0.6 is 22.1 Å². The van der Waals surface area contributed by atoms with Crippen molar-refractivity contribution in [2.24, 2.45) is 6.26 Å². The van der Waals surface area contributed by atoms with E-state index in [1.165, 1.54) is 0 Å². The van der Waals surface area contributed by atoms with E-state index < -0.39 is 0 Å². The fraction of sp³-hybridized carbons (Fsp3) is 0.167. The molecule has 0 radical (unpaired) electrons. The SMILES string of the molecule is C[s+]1ccnc1CCNC(=O)c1cccc(-c2cccc(Cl)c2)n1. The third kappa shape index (κ3) is 3.99. The number of aromatic nitrogens is 2. The maximum absolute atomic E-state index is 12.3. The van der Waals surface area contributed by atoms with E-state index in [1.807, 2.05) is 42.6 Å². The molecule has 0 saturated carbocycles. The molecule has 1 amide bonds. The van der Waals surface area contributed by atoms with Crippen molar-refractivity contribution >= 4 is 28.0 Å². The Morgan fingerprint density at radius 3 is 2.83 bits per heavy atom. The van der Waals surface area contributed by atoms with Crippen LogP contribution in [0.25, 0.3) is 11.3 Å². The molecule has 2 heterocycles. The Bertz CT molecular complexity index is 863. The molecule has 24 heavy (non-hydrogen) atoms. The average Bonchev–Trinajstić information content (AvgIpc) is 3.00. The molecular formula is C18H17ClN3OS+. The van der Waals surface area contributed by atoms with E-state index in [1.54, 1.807) is 6.07 Å². The second-order valence-corrected chi connectivity index (χ2v) is 7.59. The Labute approximate surface area is 148 Å². The smallest absolute Gasteiger partial charge is 0.269 e. The highest BCUT2D eigenvalue weighted by atomic mass is 35.5. The quantitative estimate of drug-likeness (QED) is 0.700. The lowest BCUT2D eigenvalue weighted by Gasteiger charge is -2.06. The summed E-state index contributed by atoms with van der Waals surface area (Å²) in [6.45, 7) is 0.555. The number of carbonyl (C=O) groups excluding carboxylic acids is 1. The Morgan fingerprint density at radius 2 is 2.08 bits per heavy atom. The largest absolute Gasteiger partial charge is 0.350 e. The summed E-state index contributed by atoms with van der Waals surface area (Å²) in [5, 5.41) is 6.75. The molecule has 1 N–H and O–H groups in total. The van der Waals surface area contributed by atoms with Gasteiger partial charge in [0.2, 0.25) is 5.01 Å². The predicted molar refractivity (Wildman–Crippen MR) is 98.4 cm³/mol. The number of hydrogen-bond acceptors (Lipinski definition) is 3. The molecule has 0 spiro atoms. The third-order valence-electron chi connectivity index (χ3n) is 3.58. The van der Waals surface area contributed by atoms with Gasteiger partial charge in [-0.25, -0.2) is 9.97 Å². The molecule has 122 valence electrons. The fourth-order valence-electron chi connectivity index (χ4n) is 2.34. The zero-order chi connectivity index (χ0) is 16.9. The second-order valence-electron chi connectivity index (χ2n) is 5.29. The number of halogens is 1. The van der Waals surface area contributed by atoms with Crippen LogP contribution in [0.15, 0.2) is 54.0 Å². The molecule has 3 aromatic rings. The summed E-state index contributed by atoms with van der Waals surface area (Å²) < 4.78 is 0. The van der Waals surface area contributed by atoms with Gasteiger partial charge in [-0.15, -0.1) is 0 Å². The third-order valence-corrected chi connectivity index (χ3v) is 5.40. The minimum atomic E-state index is -0.179. The molecule has 1 aromatic carbocycles. The maximum atomic E-state index is 12.3. The van der Waals surface area contributed by atoms with Gasteiger partial charge in [0.15, 0.2) is 5.38 Å². The van der Waals surface area contributed by atoms with Gasteiger partial charge < -0.3 is 5.32 Å². The number of nitrogens with zero attached hydrogens (tertiary/aromatic N) is 2. The molecule has 3 rings (SSSR count). The monoisotopic (exact) mass is 358 g/mol. The van der Waals surface area contributed by atoms with Crippen LogP contribution < -0.4 is 5.32 Å². The highest BCUT2D eigenvalue weighted by molar-refractivity contribution is 7.27. The van der Waals surface area contributed by atoms with Crippen molar-refractivity contribution in [3.63, 3.8) is 0 Å². The lowest BCUT2D eigenvalue weighted by Crippen LogP contribution is -2.26. The van der Waals surface area contributed by atoms with Gasteiger partial charge in [0.25, 0.3) is 5.91 Å². The van der Waals surface area contributed by atoms with Gasteiger partial charge in [0.05, 0.1) is 18.3 Å². The van der Waals surface area contributed by atoms with Gasteiger partial charge in [-0.3, -0.25) is 4.79 Å². The molecule has 4 nitrogen and oxygen atoms in total. The van der Waals surface area contributed by atoms with E-state index in [2.05, 4.69) is 26.9 Å². The van der Waals surface area contributed by atoms with Gasteiger partial charge in [-0.2, -0.15) is 0 Å². The molecule has 0 aliphatic rings. The minimum Gasteiger partial charge on any atom is -0.350 e. The molecule has 0 fully saturated rings. The first-order valence-corrected chi connectivity index (χ1v) is 9.60. The fourth-order valence-corrected chi connectivity index (χ4v) is 3.58. The first-order valence-electron chi connectivity index (χ1n) is 7.53. The van der Waals surface area contributed by atoms with Crippen molar-refractivity contribution in [2.45, 2.75) is 6.42 Å². The summed E-state index contributed by atoms with van der Waals surface area (Å²) in [4.78, 5) is 21.1. The van der Waals surface area contributed by atoms with Crippen LogP contribution in [0.3, 0.4) is 0 Å². The number of thiazole rings is 1. The van der Waals surface area contributed by atoms with E-state index in [0.717, 1.165) is 22.7 Å². The summed E-state index contributed by atoms with van der Waals surface area (Å²) in [6, 6.07) is 12.8. The molecule has 6 heteroatoms. The number of carbonyl (C=O) groups is 1. The van der Waals surface area contributed by atoms with Gasteiger partial charge in [0.1, 0.15) is 11.9 Å². The van der Waals surface area contributed by atoms with E-state index in [9.17, 15) is 4.79 Å². The average molecular weight is 359 g/mol. The van der Waals surface area contributed by atoms with Gasteiger partial charge in [0, 0.05) is 17.1 Å². The number of pyridine rings is 1. The molecule has 2 aromatic heterocycles. The van der Waals surface area contributed by atoms with Gasteiger partial charge in [-0.1, -0.05) is 29.8 Å². The van der Waals surface area contributed by atoms with Crippen LogP contribution in [0.1, 0.15) is 15.5 Å². The zero-order valence-corrected chi connectivity index (χ0v) is 14.8. The van der Waals surface area contributed by atoms with E-state index in [4.69, 9.17) is 11.6 Å². The van der Waals surface area contributed by atoms with Crippen LogP contribution in [0.5, 0.6) is 0 Å². The van der Waals surface area contributed by atoms with Crippen LogP contribution in [-0.4, -0.2) is 22.4 Å². The first kappa shape index (κ1) is 16.6. The van der Waals surface area contributed by atoms with E-state index in [0.29, 0.717) is 17.3 Å². The molecule has 1 atom stereocenters. The molecular weight excluding hydrogens is 342 g/mol. The number of aryl methyl sites for hydroxylation is 1. The summed E-state index contributed by atoms with van der Waals surface area (Å²) in [6.07, 6.45) is 4.71. The lowest BCUT2D eigenvalue weighted by atomic mass is 10.1. The Morgan fingerprint density at radius 1 is 1.25 bits per heavy atom. The summed E-state index contributed by atoms with van der Waals surface area (Å²) in [7, 11) is 0.0893. The van der Waals surface area contributed by atoms with Gasteiger partial charge >= 0.3 is 0 Å². The van der Waals surface area contributed by atoms with Crippen molar-refractivity contribution < 1.29 is 4.79 Å². The first-order chi connectivity index (χ1) is 11.6. The van der Waals surface area contributed by atoms with Crippen LogP contribution in [0, 0.1) is 0 Å². The number of nitrogens with one attached hydrogen (secondary N) is 1. The topological polar surface area (TPSA) is 54.9 Å². The van der Waals surface area contributed by atoms with E-state index in [-0.39, 0.29) is 16.4 Å². The molecule has 0 aliphatic carbocycles. The van der Waals surface area contributed by atoms with Crippen molar-refractivity contribution in [1.82, 2.24) is 15.3 Å². The molecule has 0 aliphatic heterocycles. The number of rotatable bonds is 5. The number of amides is 1. The van der Waals surface area contributed by atoms with Crippen molar-refractivity contribution in [1.29, 1.82) is 0 Å². The number of hydrogen-bond donors (Lipinski definition) is 1. The Kier molecular flexibility index (Phi) is 5.23. The molecule has 1 unspecified atom stereocenters. The molecule has 0 saturated heterocycles. The minimum absolute atomic E-state index is 0.0893. The van der Waals surface area contributed by atoms with Gasteiger partial charge in [-0.05, 0) is 34.7 Å². The van der Waals surface area contributed by atoms with Crippen molar-refractivity contribution in [2.75, 3.05) is 6.54 Å². The van der Waals surface area contributed by atoms with Crippen LogP contribution in [0.4, 0.5) is 0 Å². The highest BCUT2D eigenvalue weighted by Gasteiger charge is 2.12. The molecule has 0 bridgehead atoms. The highest BCUT2D eigenvalue weighted by Crippen LogP contribution is 2.21. The predicted octanol–water partition coefficient (Wildman–Crippen LogP) is 4.06. The Hall–Kier alpha value is -2.24. The summed E-state index contributed by atoms with van der Waals surface area (Å²) in [5.74, 6) is -0.179. The normalized spacial score (nSPS) is 11.3. The van der Waals surface area contributed by atoms with Crippen molar-refractivity contribution in [3.8, 4) is 11.3 Å². The second kappa shape index (κ2) is 7.55. The number of benzene rings is 1. The zero-order valence-electron chi connectivity index (χ0n) is 13.2. The van der Waals surface area contributed by atoms with Crippen molar-refractivity contribution in [3.05, 3.63) is 69.8 Å². The maximum Gasteiger partial charge on any atom is 0.269 e. The lowest BCUT2D eigenvalue weighted by molar-refractivity contribution is 0.0949. The summed E-state index contributed by atoms with van der Waals surface area (Å²) in [5.41, 5.74) is 2.01. The van der Waals surface area contributed by atoms with E-state index >= 15 is 0 Å².